The molecule has 0 bridgehead atoms. The number of carboxylic acid groups (broad SMARTS) is 1. The fraction of sp³-hybridized carbons (Fsp3) is 0.214. The Morgan fingerprint density at radius 3 is 2.48 bits per heavy atom. The van der Waals surface area contributed by atoms with Gasteiger partial charge in [-0.15, -0.1) is 0 Å². The lowest BCUT2D eigenvalue weighted by Crippen LogP contribution is -2.52. The number of carboxylic acids is 1. The van der Waals surface area contributed by atoms with Crippen LogP contribution in [0.25, 0.3) is 0 Å². The molecular formula is C14H15N3O5S. The van der Waals surface area contributed by atoms with E-state index in [1.54, 1.807) is 6.07 Å². The van der Waals surface area contributed by atoms with Gasteiger partial charge in [-0.2, -0.15) is 0 Å². The third kappa shape index (κ3) is 2.64. The highest BCUT2D eigenvalue weighted by Gasteiger charge is 2.51. The van der Waals surface area contributed by atoms with E-state index in [0.29, 0.717) is 5.56 Å². The molecule has 0 aliphatic rings. The lowest BCUT2D eigenvalue weighted by atomic mass is 10.1. The first kappa shape index (κ1) is 16.8. The average molecular weight is 337 g/mol. The van der Waals surface area contributed by atoms with E-state index in [-0.39, 0.29) is 16.5 Å². The van der Waals surface area contributed by atoms with Crippen LogP contribution in [0.1, 0.15) is 11.1 Å². The number of pyridine rings is 2. The van der Waals surface area contributed by atoms with Crippen LogP contribution in [0.4, 0.5) is 0 Å². The predicted octanol–water partition coefficient (Wildman–Crippen LogP) is 0.464. The van der Waals surface area contributed by atoms with E-state index in [1.165, 1.54) is 38.4 Å². The molecule has 1 unspecified atom stereocenters. The molecule has 1 atom stereocenters. The van der Waals surface area contributed by atoms with Crippen molar-refractivity contribution < 1.29 is 23.1 Å². The lowest BCUT2D eigenvalue weighted by Gasteiger charge is -2.25. The number of methoxy groups -OCH3 is 1. The second-order valence-corrected chi connectivity index (χ2v) is 6.80. The molecule has 0 radical (unpaired) electrons. The minimum atomic E-state index is -4.52. The van der Waals surface area contributed by atoms with Crippen LogP contribution >= 0.6 is 0 Å². The molecule has 0 fully saturated rings. The number of aliphatic carboxylic acids is 1. The Labute approximate surface area is 132 Å². The summed E-state index contributed by atoms with van der Waals surface area (Å²) in [6, 6.07) is 5.63. The quantitative estimate of drug-likeness (QED) is 0.804. The van der Waals surface area contributed by atoms with Crippen LogP contribution in [0.3, 0.4) is 0 Å². The van der Waals surface area contributed by atoms with Crippen molar-refractivity contribution in [3.63, 3.8) is 0 Å². The monoisotopic (exact) mass is 337 g/mol. The molecule has 0 saturated heterocycles. The van der Waals surface area contributed by atoms with E-state index < -0.39 is 20.7 Å². The zero-order valence-corrected chi connectivity index (χ0v) is 13.2. The first-order valence-corrected chi connectivity index (χ1v) is 7.92. The largest absolute Gasteiger partial charge is 0.481 e. The van der Waals surface area contributed by atoms with Crippen LogP contribution < -0.4 is 10.5 Å². The zero-order valence-electron chi connectivity index (χ0n) is 12.4. The van der Waals surface area contributed by atoms with E-state index in [9.17, 15) is 18.3 Å². The minimum Gasteiger partial charge on any atom is -0.481 e. The van der Waals surface area contributed by atoms with Gasteiger partial charge in [-0.3, -0.25) is 5.73 Å². The van der Waals surface area contributed by atoms with Crippen molar-refractivity contribution in [2.24, 2.45) is 5.73 Å². The van der Waals surface area contributed by atoms with Gasteiger partial charge in [0.15, 0.2) is 5.03 Å². The highest BCUT2D eigenvalue weighted by molar-refractivity contribution is 7.93. The summed E-state index contributed by atoms with van der Waals surface area (Å²) in [5.74, 6) is -1.53. The molecule has 2 heterocycles. The first-order chi connectivity index (χ1) is 10.7. The number of carbonyl (C=O) groups is 1. The number of aryl methyl sites for hydroxylation is 1. The number of hydrogen-bond acceptors (Lipinski definition) is 7. The van der Waals surface area contributed by atoms with E-state index in [4.69, 9.17) is 10.5 Å². The van der Waals surface area contributed by atoms with Crippen molar-refractivity contribution in [1.82, 2.24) is 9.97 Å². The first-order valence-electron chi connectivity index (χ1n) is 6.44. The molecule has 2 rings (SSSR count). The number of nitrogens with zero attached hydrogens (tertiary/aromatic N) is 2. The van der Waals surface area contributed by atoms with Gasteiger partial charge in [0.05, 0.1) is 7.11 Å². The second kappa shape index (κ2) is 5.94. The van der Waals surface area contributed by atoms with Gasteiger partial charge < -0.3 is 9.84 Å². The van der Waals surface area contributed by atoms with Gasteiger partial charge >= 0.3 is 5.97 Å². The summed E-state index contributed by atoms with van der Waals surface area (Å²) in [6.07, 6.45) is 2.32. The molecule has 3 N–H and O–H groups in total. The van der Waals surface area contributed by atoms with Crippen molar-refractivity contribution in [3.05, 3.63) is 47.8 Å². The third-order valence-corrected chi connectivity index (χ3v) is 5.53. The predicted molar refractivity (Wildman–Crippen MR) is 80.5 cm³/mol. The zero-order chi connectivity index (χ0) is 17.3. The van der Waals surface area contributed by atoms with Gasteiger partial charge in [-0.25, -0.2) is 23.2 Å². The van der Waals surface area contributed by atoms with Gasteiger partial charge in [-0.1, -0.05) is 6.07 Å². The van der Waals surface area contributed by atoms with Crippen molar-refractivity contribution in [3.8, 4) is 5.88 Å². The van der Waals surface area contributed by atoms with E-state index >= 15 is 0 Å². The van der Waals surface area contributed by atoms with Crippen LogP contribution in [0.2, 0.25) is 0 Å². The smallest absolute Gasteiger partial charge is 0.344 e. The van der Waals surface area contributed by atoms with Crippen molar-refractivity contribution in [2.45, 2.75) is 16.8 Å². The summed E-state index contributed by atoms with van der Waals surface area (Å²) >= 11 is 0. The number of hydrogen-bond donors (Lipinski definition) is 2. The normalized spacial score (nSPS) is 14.0. The summed E-state index contributed by atoms with van der Waals surface area (Å²) in [7, 11) is -3.14. The number of aromatic nitrogens is 2. The number of ether oxygens (including phenoxy) is 1. The summed E-state index contributed by atoms with van der Waals surface area (Å²) in [6.45, 7) is 1.51. The van der Waals surface area contributed by atoms with E-state index in [0.717, 1.165) is 6.20 Å². The fourth-order valence-corrected chi connectivity index (χ4v) is 3.68. The maximum Gasteiger partial charge on any atom is 0.344 e. The van der Waals surface area contributed by atoms with Crippen molar-refractivity contribution in [1.29, 1.82) is 0 Å². The summed E-state index contributed by atoms with van der Waals surface area (Å²) in [4.78, 5) is 16.6. The molecular weight excluding hydrogens is 322 g/mol. The van der Waals surface area contributed by atoms with E-state index in [2.05, 4.69) is 9.97 Å². The lowest BCUT2D eigenvalue weighted by molar-refractivity contribution is -0.140. The van der Waals surface area contributed by atoms with Gasteiger partial charge in [0, 0.05) is 24.0 Å². The number of nitrogens with two attached hydrogens (primary N) is 1. The van der Waals surface area contributed by atoms with Crippen molar-refractivity contribution in [2.75, 3.05) is 7.11 Å². The summed E-state index contributed by atoms with van der Waals surface area (Å²) in [5.41, 5.74) is 5.92. The van der Waals surface area contributed by atoms with Gasteiger partial charge in [0.2, 0.25) is 20.6 Å². The molecule has 0 spiro atoms. The van der Waals surface area contributed by atoms with Crippen LogP contribution in [0.5, 0.6) is 5.88 Å². The molecule has 0 saturated carbocycles. The molecule has 122 valence electrons. The van der Waals surface area contributed by atoms with Gasteiger partial charge in [0.25, 0.3) is 0 Å². The molecule has 2 aromatic rings. The van der Waals surface area contributed by atoms with E-state index in [1.807, 2.05) is 0 Å². The highest BCUT2D eigenvalue weighted by atomic mass is 32.2. The molecule has 0 amide bonds. The molecule has 8 nitrogen and oxygen atoms in total. The van der Waals surface area contributed by atoms with Gasteiger partial charge in [-0.05, 0) is 24.6 Å². The molecule has 9 heteroatoms. The highest BCUT2D eigenvalue weighted by Crippen LogP contribution is 2.32. The maximum atomic E-state index is 12.8. The Morgan fingerprint density at radius 1 is 1.30 bits per heavy atom. The van der Waals surface area contributed by atoms with Crippen molar-refractivity contribution >= 4 is 15.8 Å². The second-order valence-electron chi connectivity index (χ2n) is 4.76. The SMILES string of the molecule is COc1ccc(C(N)(C(=O)O)S(=O)(=O)c2ncccc2C)cn1. The fourth-order valence-electron chi connectivity index (χ4n) is 2.02. The van der Waals surface area contributed by atoms with Crippen LogP contribution in [0, 0.1) is 6.92 Å². The minimum absolute atomic E-state index is 0.198. The number of rotatable bonds is 5. The van der Waals surface area contributed by atoms with Crippen LogP contribution in [-0.4, -0.2) is 36.6 Å². The van der Waals surface area contributed by atoms with Crippen LogP contribution in [-0.2, 0) is 19.5 Å². The third-order valence-electron chi connectivity index (χ3n) is 3.33. The number of sulfone groups is 1. The standard InChI is InChI=1S/C14H15N3O5S/c1-9-4-3-7-16-12(9)23(20,21)14(15,13(18)19)10-5-6-11(22-2)17-8-10/h3-8H,15H2,1-2H3,(H,18,19). The Bertz CT molecular complexity index is 836. The summed E-state index contributed by atoms with van der Waals surface area (Å²) in [5, 5.41) is 9.12. The molecule has 0 aromatic carbocycles. The summed E-state index contributed by atoms with van der Waals surface area (Å²) < 4.78 is 30.6. The maximum absolute atomic E-state index is 12.8. The average Bonchev–Trinajstić information content (AvgIpc) is 2.54. The molecule has 0 aliphatic carbocycles. The topological polar surface area (TPSA) is 132 Å². The molecule has 23 heavy (non-hydrogen) atoms. The Hall–Kier alpha value is -2.52. The van der Waals surface area contributed by atoms with Gasteiger partial charge in [0.1, 0.15) is 0 Å². The molecule has 0 aliphatic heterocycles. The molecule has 2 aromatic heterocycles. The Kier molecular flexibility index (Phi) is 4.35. The Balaban J connectivity index is 2.69. The Morgan fingerprint density at radius 2 is 2.00 bits per heavy atom. The van der Waals surface area contributed by atoms with Crippen LogP contribution in [0.15, 0.2) is 41.7 Å².